The van der Waals surface area contributed by atoms with E-state index in [9.17, 15) is 0 Å². The molecule has 0 fully saturated rings. The Balaban J connectivity index is 0.00000420. The van der Waals surface area contributed by atoms with Crippen LogP contribution >= 0.6 is 0 Å². The summed E-state index contributed by atoms with van der Waals surface area (Å²) in [6.07, 6.45) is 47.2. The van der Waals surface area contributed by atoms with Crippen molar-refractivity contribution >= 4 is 0 Å². The van der Waals surface area contributed by atoms with Crippen LogP contribution < -0.4 is 86.2 Å². The van der Waals surface area contributed by atoms with Crippen LogP contribution in [-0.4, -0.2) is 0 Å². The Morgan fingerprint density at radius 1 is 0.345 bits per heavy atom. The summed E-state index contributed by atoms with van der Waals surface area (Å²) in [4.78, 5) is 0. The number of hydrogen-bond donors (Lipinski definition) is 0. The van der Waals surface area contributed by atoms with E-state index in [0.717, 1.165) is 77.5 Å². The number of unbranched alkanes of at least 4 members (excludes halogenated alkanes) is 4. The smallest absolute Gasteiger partial charge is 0.176 e. The second kappa shape index (κ2) is 26.2. The summed E-state index contributed by atoms with van der Waals surface area (Å²) in [6.45, 7) is 12.1. The van der Waals surface area contributed by atoms with Crippen molar-refractivity contribution < 1.29 is 86.2 Å². The molecule has 302 valence electrons. The number of nitrogens with zero attached hydrogens (tertiary/aromatic N) is 4. The Bertz CT molecular complexity index is 1980. The lowest BCUT2D eigenvalue weighted by atomic mass is 9.86. The molecule has 0 N–H and O–H groups in total. The second-order valence-corrected chi connectivity index (χ2v) is 14.5. The van der Waals surface area contributed by atoms with E-state index in [0.29, 0.717) is 0 Å². The lowest BCUT2D eigenvalue weighted by molar-refractivity contribution is -0.697. The largest absolute Gasteiger partial charge is 1.00 e. The third-order valence-electron chi connectivity index (χ3n) is 9.58. The number of rotatable bonds is 16. The van der Waals surface area contributed by atoms with Gasteiger partial charge in [-0.15, -0.1) is 49.4 Å². The minimum Gasteiger partial charge on any atom is -1.00 e. The lowest BCUT2D eigenvalue weighted by Crippen LogP contribution is -3.00. The van der Waals surface area contributed by atoms with Crippen LogP contribution in [0.5, 0.6) is 0 Å². The van der Waals surface area contributed by atoms with Crippen LogP contribution in [0.25, 0.3) is 44.5 Å². The molecule has 0 aliphatic heterocycles. The zero-order chi connectivity index (χ0) is 38.5. The van der Waals surface area contributed by atoms with Crippen molar-refractivity contribution in [2.45, 2.75) is 105 Å². The summed E-state index contributed by atoms with van der Waals surface area (Å²) in [5.41, 5.74) is 14.2. The van der Waals surface area contributed by atoms with Gasteiger partial charge in [0.2, 0.25) is 0 Å². The number of aromatic nitrogens is 4. The SMILES string of the molecule is C#CCCC[n+]1cc(C)cc(-c2cc(-c3cc(C)c[n+](CCCC#C)c3)c(-c3cc(C)c[n+](CCCC#C)c3)cc2-c2cc(C)c[n+](CCCC#C)c2)c1.[Br-].[Br-].[Br-].[Br-]. The van der Waals surface area contributed by atoms with Gasteiger partial charge in [-0.3, -0.25) is 0 Å². The minimum atomic E-state index is 0. The molecule has 4 nitrogen and oxygen atoms in total. The average Bonchev–Trinajstić information content (AvgIpc) is 3.14. The maximum Gasteiger partial charge on any atom is 0.176 e. The molecule has 0 bridgehead atoms. The van der Waals surface area contributed by atoms with E-state index in [4.69, 9.17) is 25.7 Å². The minimum absolute atomic E-state index is 0. The van der Waals surface area contributed by atoms with Crippen molar-refractivity contribution in [3.63, 3.8) is 0 Å². The Morgan fingerprint density at radius 3 is 0.741 bits per heavy atom. The van der Waals surface area contributed by atoms with Crippen molar-refractivity contribution in [1.29, 1.82) is 0 Å². The lowest BCUT2D eigenvalue weighted by Gasteiger charge is -2.18. The van der Waals surface area contributed by atoms with Gasteiger partial charge in [-0.05, 0) is 86.3 Å². The first-order valence-corrected chi connectivity index (χ1v) is 19.2. The van der Waals surface area contributed by atoms with E-state index in [-0.39, 0.29) is 67.9 Å². The van der Waals surface area contributed by atoms with Crippen LogP contribution in [0.15, 0.2) is 86.0 Å². The molecule has 1 aromatic carbocycles. The van der Waals surface area contributed by atoms with Gasteiger partial charge < -0.3 is 67.9 Å². The molecule has 0 amide bonds. The van der Waals surface area contributed by atoms with Crippen LogP contribution in [0.2, 0.25) is 0 Å². The van der Waals surface area contributed by atoms with Crippen molar-refractivity contribution in [3.05, 3.63) is 108 Å². The molecule has 8 heteroatoms. The van der Waals surface area contributed by atoms with Gasteiger partial charge in [-0.1, -0.05) is 0 Å². The van der Waals surface area contributed by atoms with E-state index in [1.165, 1.54) is 66.8 Å². The fourth-order valence-corrected chi connectivity index (χ4v) is 7.30. The molecular formula is C50H54Br4N4. The van der Waals surface area contributed by atoms with Gasteiger partial charge in [-0.2, -0.15) is 0 Å². The molecule has 0 aliphatic rings. The highest BCUT2D eigenvalue weighted by Gasteiger charge is 2.23. The molecule has 0 radical (unpaired) electrons. The number of terminal acetylenes is 4. The summed E-state index contributed by atoms with van der Waals surface area (Å²) in [6, 6.07) is 14.1. The Labute approximate surface area is 390 Å². The quantitative estimate of drug-likeness (QED) is 0.0553. The summed E-state index contributed by atoms with van der Waals surface area (Å²) < 4.78 is 9.17. The number of aryl methyl sites for hydroxylation is 8. The van der Waals surface area contributed by atoms with E-state index >= 15 is 0 Å². The van der Waals surface area contributed by atoms with Gasteiger partial charge >= 0.3 is 0 Å². The van der Waals surface area contributed by atoms with E-state index < -0.39 is 0 Å². The third-order valence-corrected chi connectivity index (χ3v) is 9.58. The molecule has 0 aliphatic carbocycles. The average molecular weight is 1030 g/mol. The third kappa shape index (κ3) is 14.7. The highest BCUT2D eigenvalue weighted by molar-refractivity contribution is 5.94. The Morgan fingerprint density at radius 2 is 0.552 bits per heavy atom. The van der Waals surface area contributed by atoms with E-state index in [2.05, 4.69) is 156 Å². The van der Waals surface area contributed by atoms with Gasteiger partial charge in [0.15, 0.2) is 49.6 Å². The zero-order valence-corrected chi connectivity index (χ0v) is 40.5. The highest BCUT2D eigenvalue weighted by Crippen LogP contribution is 2.42. The topological polar surface area (TPSA) is 15.5 Å². The first kappa shape index (κ1) is 52.0. The van der Waals surface area contributed by atoms with Gasteiger partial charge in [0.05, 0.1) is 0 Å². The van der Waals surface area contributed by atoms with Crippen molar-refractivity contribution in [2.75, 3.05) is 0 Å². The second-order valence-electron chi connectivity index (χ2n) is 14.5. The van der Waals surface area contributed by atoms with Crippen LogP contribution in [0.1, 0.15) is 73.6 Å². The molecule has 5 aromatic rings. The van der Waals surface area contributed by atoms with Crippen molar-refractivity contribution in [1.82, 2.24) is 0 Å². The molecule has 0 unspecified atom stereocenters. The molecule has 0 saturated carbocycles. The normalized spacial score (nSPS) is 9.93. The summed E-state index contributed by atoms with van der Waals surface area (Å²) >= 11 is 0. The first-order valence-electron chi connectivity index (χ1n) is 19.2. The highest BCUT2D eigenvalue weighted by atomic mass is 79.9. The van der Waals surface area contributed by atoms with Crippen LogP contribution in [0.3, 0.4) is 0 Å². The molecule has 5 rings (SSSR count). The molecular weight excluding hydrogens is 976 g/mol. The van der Waals surface area contributed by atoms with E-state index in [1.54, 1.807) is 0 Å². The van der Waals surface area contributed by atoms with Crippen LogP contribution in [-0.2, 0) is 26.2 Å². The fourth-order valence-electron chi connectivity index (χ4n) is 7.30. The molecule has 0 spiro atoms. The maximum atomic E-state index is 5.64. The van der Waals surface area contributed by atoms with Crippen LogP contribution in [0.4, 0.5) is 0 Å². The predicted octanol–water partition coefficient (Wildman–Crippen LogP) is -3.59. The first-order chi connectivity index (χ1) is 26.2. The monoisotopic (exact) mass is 1030 g/mol. The van der Waals surface area contributed by atoms with Crippen molar-refractivity contribution in [2.24, 2.45) is 0 Å². The molecule has 4 heterocycles. The Hall–Kier alpha value is -4.02. The summed E-state index contributed by atoms with van der Waals surface area (Å²) in [7, 11) is 0. The Kier molecular flexibility index (Phi) is 23.4. The number of hydrogen-bond acceptors (Lipinski definition) is 0. The number of pyridine rings is 4. The molecule has 0 saturated heterocycles. The standard InChI is InChI=1S/C50H54N4.4BrH/c1-9-13-17-21-51-31-39(5)25-43(35-51)47-29-49(45-27-41(7)33-53(37-45)23-19-15-11-3)50(46-28-42(8)34-54(38-46)24-20-16-12-4)30-48(47)44-26-40(6)32-52(36-44)22-18-14-10-2;;;;/h1-4,25-38H,13-24H2,5-8H3;4*1H/q+4;;;;/p-4. The fraction of sp³-hybridized carbons (Fsp3) is 0.320. The summed E-state index contributed by atoms with van der Waals surface area (Å²) in [5.74, 6) is 11.2. The van der Waals surface area contributed by atoms with E-state index in [1.807, 2.05) is 0 Å². The molecule has 0 atom stereocenters. The predicted molar refractivity (Wildman–Crippen MR) is 220 cm³/mol. The number of halogens is 4. The van der Waals surface area contributed by atoms with Gasteiger partial charge in [-0.25, -0.2) is 18.3 Å². The number of benzene rings is 1. The van der Waals surface area contributed by atoms with Gasteiger partial charge in [0.1, 0.15) is 26.2 Å². The van der Waals surface area contributed by atoms with Crippen molar-refractivity contribution in [3.8, 4) is 93.9 Å². The van der Waals surface area contributed by atoms with Gasteiger partial charge in [0, 0.05) is 95.9 Å². The zero-order valence-electron chi connectivity index (χ0n) is 34.2. The maximum absolute atomic E-state index is 5.64. The molecule has 58 heavy (non-hydrogen) atoms. The molecule has 4 aromatic heterocycles. The van der Waals surface area contributed by atoms with Crippen LogP contribution in [0, 0.1) is 77.1 Å². The summed E-state index contributed by atoms with van der Waals surface area (Å²) in [5, 5.41) is 0. The van der Waals surface area contributed by atoms with Gasteiger partial charge in [0.25, 0.3) is 0 Å².